The van der Waals surface area contributed by atoms with Gasteiger partial charge in [0.2, 0.25) is 0 Å². The van der Waals surface area contributed by atoms with Crippen LogP contribution in [0.15, 0.2) is 0 Å². The molecule has 1 fully saturated rings. The van der Waals surface area contributed by atoms with Gasteiger partial charge in [0.25, 0.3) is 0 Å². The highest BCUT2D eigenvalue weighted by Crippen LogP contribution is 2.19. The summed E-state index contributed by atoms with van der Waals surface area (Å²) in [5.41, 5.74) is 0. The monoisotopic (exact) mass is 254 g/mol. The first-order chi connectivity index (χ1) is 8.29. The Morgan fingerprint density at radius 2 is 2.35 bits per heavy atom. The number of hydrogen-bond acceptors (Lipinski definition) is 3. The van der Waals surface area contributed by atoms with Gasteiger partial charge in [-0.25, -0.2) is 0 Å². The number of nitrogens with one attached hydrogen (secondary N) is 1. The number of nitrogens with zero attached hydrogens (tertiary/aromatic N) is 1. The summed E-state index contributed by atoms with van der Waals surface area (Å²) in [6.45, 7) is 6.50. The third-order valence-corrected chi connectivity index (χ3v) is 4.37. The minimum absolute atomic E-state index is 0.605. The first-order valence-electron chi connectivity index (χ1n) is 6.70. The summed E-state index contributed by atoms with van der Waals surface area (Å²) in [5.74, 6) is 8.73. The van der Waals surface area contributed by atoms with Crippen LogP contribution in [0.4, 0.5) is 0 Å². The Balaban J connectivity index is 2.48. The molecule has 1 aliphatic heterocycles. The van der Waals surface area contributed by atoms with E-state index in [0.29, 0.717) is 12.1 Å². The van der Waals surface area contributed by atoms with E-state index in [4.69, 9.17) is 0 Å². The average Bonchev–Trinajstić information content (AvgIpc) is 2.35. The second kappa shape index (κ2) is 8.85. The van der Waals surface area contributed by atoms with E-state index in [9.17, 15) is 0 Å². The molecule has 0 aromatic heterocycles. The van der Waals surface area contributed by atoms with Gasteiger partial charge < -0.3 is 10.2 Å². The summed E-state index contributed by atoms with van der Waals surface area (Å²) in [5, 5.41) is 3.71. The first kappa shape index (κ1) is 14.9. The molecule has 0 bridgehead atoms. The van der Waals surface area contributed by atoms with Crippen molar-refractivity contribution in [2.45, 2.75) is 45.2 Å². The molecule has 1 N–H and O–H groups in total. The molecule has 0 amide bonds. The third kappa shape index (κ3) is 5.33. The molecular formula is C14H26N2S. The van der Waals surface area contributed by atoms with Crippen LogP contribution in [0.2, 0.25) is 0 Å². The Morgan fingerprint density at radius 3 is 3.00 bits per heavy atom. The third-order valence-electron chi connectivity index (χ3n) is 3.32. The van der Waals surface area contributed by atoms with Crippen molar-refractivity contribution in [3.05, 3.63) is 0 Å². The summed E-state index contributed by atoms with van der Waals surface area (Å²) >= 11 is 2.09. The fraction of sp³-hybridized carbons (Fsp3) is 0.857. The summed E-state index contributed by atoms with van der Waals surface area (Å²) in [7, 11) is 2.26. The van der Waals surface area contributed by atoms with Gasteiger partial charge in [-0.3, -0.25) is 0 Å². The number of rotatable bonds is 6. The van der Waals surface area contributed by atoms with E-state index in [1.807, 2.05) is 6.92 Å². The predicted octanol–water partition coefficient (Wildman–Crippen LogP) is 2.21. The maximum Gasteiger partial charge on any atom is 0.0337 e. The predicted molar refractivity (Wildman–Crippen MR) is 78.5 cm³/mol. The van der Waals surface area contributed by atoms with Crippen molar-refractivity contribution in [1.82, 2.24) is 10.2 Å². The van der Waals surface area contributed by atoms with Gasteiger partial charge in [0, 0.05) is 36.6 Å². The smallest absolute Gasteiger partial charge is 0.0337 e. The molecular weight excluding hydrogens is 228 g/mol. The van der Waals surface area contributed by atoms with Gasteiger partial charge in [-0.1, -0.05) is 6.92 Å². The van der Waals surface area contributed by atoms with E-state index in [-0.39, 0.29) is 0 Å². The van der Waals surface area contributed by atoms with Gasteiger partial charge >= 0.3 is 0 Å². The summed E-state index contributed by atoms with van der Waals surface area (Å²) in [6, 6.07) is 1.28. The van der Waals surface area contributed by atoms with E-state index >= 15 is 0 Å². The summed E-state index contributed by atoms with van der Waals surface area (Å²) < 4.78 is 0. The normalized spacial score (nSPS) is 22.9. The van der Waals surface area contributed by atoms with E-state index in [0.717, 1.165) is 13.0 Å². The molecule has 0 saturated carbocycles. The highest BCUT2D eigenvalue weighted by Gasteiger charge is 2.26. The van der Waals surface area contributed by atoms with Crippen LogP contribution in [0.3, 0.4) is 0 Å². The Kier molecular flexibility index (Phi) is 7.75. The molecule has 2 atom stereocenters. The van der Waals surface area contributed by atoms with Gasteiger partial charge in [-0.15, -0.1) is 11.8 Å². The standard InChI is InChI=1S/C14H26N2S/c1-4-6-7-8-13(15-9-5-2)14-12-17-11-10-16(14)3/h13-15H,5,7-12H2,1-3H3. The molecule has 17 heavy (non-hydrogen) atoms. The van der Waals surface area contributed by atoms with Crippen molar-refractivity contribution in [1.29, 1.82) is 0 Å². The van der Waals surface area contributed by atoms with Crippen LogP contribution in [0.1, 0.15) is 33.1 Å². The van der Waals surface area contributed by atoms with Crippen molar-refractivity contribution >= 4 is 11.8 Å². The SMILES string of the molecule is CC#CCCC(NCCC)C1CSCCN1C. The maximum absolute atomic E-state index is 3.71. The van der Waals surface area contributed by atoms with E-state index in [2.05, 4.69) is 47.8 Å². The molecule has 0 spiro atoms. The van der Waals surface area contributed by atoms with Crippen LogP contribution in [-0.4, -0.2) is 48.6 Å². The Hall–Kier alpha value is -0.170. The highest BCUT2D eigenvalue weighted by atomic mass is 32.2. The zero-order valence-corrected chi connectivity index (χ0v) is 12.3. The fourth-order valence-electron chi connectivity index (χ4n) is 2.24. The van der Waals surface area contributed by atoms with Crippen molar-refractivity contribution < 1.29 is 0 Å². The Bertz CT molecular complexity index is 257. The first-order valence-corrected chi connectivity index (χ1v) is 7.86. The quantitative estimate of drug-likeness (QED) is 0.732. The van der Waals surface area contributed by atoms with E-state index in [1.165, 1.54) is 30.9 Å². The molecule has 0 aromatic rings. The van der Waals surface area contributed by atoms with Gasteiger partial charge in [-0.05, 0) is 33.4 Å². The molecule has 1 rings (SSSR count). The lowest BCUT2D eigenvalue weighted by atomic mass is 10.0. The number of hydrogen-bond donors (Lipinski definition) is 1. The Labute approximate surface area is 111 Å². The molecule has 2 unspecified atom stereocenters. The van der Waals surface area contributed by atoms with Crippen LogP contribution in [0, 0.1) is 11.8 Å². The van der Waals surface area contributed by atoms with Crippen LogP contribution in [-0.2, 0) is 0 Å². The van der Waals surface area contributed by atoms with Crippen molar-refractivity contribution in [3.8, 4) is 11.8 Å². The lowest BCUT2D eigenvalue weighted by Gasteiger charge is -2.38. The van der Waals surface area contributed by atoms with Crippen molar-refractivity contribution in [2.24, 2.45) is 0 Å². The summed E-state index contributed by atoms with van der Waals surface area (Å²) in [4.78, 5) is 2.52. The lowest BCUT2D eigenvalue weighted by molar-refractivity contribution is 0.209. The van der Waals surface area contributed by atoms with Crippen molar-refractivity contribution in [3.63, 3.8) is 0 Å². The molecule has 0 radical (unpaired) electrons. The van der Waals surface area contributed by atoms with E-state index < -0.39 is 0 Å². The molecule has 1 saturated heterocycles. The largest absolute Gasteiger partial charge is 0.312 e. The van der Waals surface area contributed by atoms with Crippen LogP contribution >= 0.6 is 11.8 Å². The van der Waals surface area contributed by atoms with Gasteiger partial charge in [0.1, 0.15) is 0 Å². The molecule has 3 heteroatoms. The zero-order chi connectivity index (χ0) is 12.5. The van der Waals surface area contributed by atoms with E-state index in [1.54, 1.807) is 0 Å². The molecule has 1 aliphatic rings. The molecule has 0 aromatic carbocycles. The minimum Gasteiger partial charge on any atom is -0.312 e. The van der Waals surface area contributed by atoms with Gasteiger partial charge in [0.15, 0.2) is 0 Å². The Morgan fingerprint density at radius 1 is 1.53 bits per heavy atom. The van der Waals surface area contributed by atoms with Gasteiger partial charge in [0.05, 0.1) is 0 Å². The lowest BCUT2D eigenvalue weighted by Crippen LogP contribution is -2.52. The van der Waals surface area contributed by atoms with Gasteiger partial charge in [-0.2, -0.15) is 11.8 Å². The average molecular weight is 254 g/mol. The molecule has 1 heterocycles. The molecule has 2 nitrogen and oxygen atoms in total. The van der Waals surface area contributed by atoms with Crippen molar-refractivity contribution in [2.75, 3.05) is 31.6 Å². The maximum atomic E-state index is 3.71. The number of thioether (sulfide) groups is 1. The molecule has 98 valence electrons. The fourth-order valence-corrected chi connectivity index (χ4v) is 3.55. The van der Waals surface area contributed by atoms with Crippen LogP contribution in [0.5, 0.6) is 0 Å². The van der Waals surface area contributed by atoms with Crippen LogP contribution in [0.25, 0.3) is 0 Å². The minimum atomic E-state index is 0.605. The second-order valence-corrected chi connectivity index (χ2v) is 5.80. The van der Waals surface area contributed by atoms with Crippen LogP contribution < -0.4 is 5.32 Å². The number of likely N-dealkylation sites (N-methyl/N-ethyl adjacent to an activating group) is 1. The molecule has 0 aliphatic carbocycles. The highest BCUT2D eigenvalue weighted by molar-refractivity contribution is 7.99. The second-order valence-electron chi connectivity index (χ2n) is 4.65. The zero-order valence-electron chi connectivity index (χ0n) is 11.5. The summed E-state index contributed by atoms with van der Waals surface area (Å²) in [6.07, 6.45) is 3.41. The topological polar surface area (TPSA) is 15.3 Å².